The first kappa shape index (κ1) is 18.6. The lowest BCUT2D eigenvalue weighted by Crippen LogP contribution is -2.21. The van der Waals surface area contributed by atoms with Gasteiger partial charge in [0.2, 0.25) is 0 Å². The normalized spacial score (nSPS) is 24.3. The summed E-state index contributed by atoms with van der Waals surface area (Å²) in [5.74, 6) is 1.87. The van der Waals surface area contributed by atoms with Gasteiger partial charge in [0.1, 0.15) is 0 Å². The van der Waals surface area contributed by atoms with Crippen molar-refractivity contribution in [1.29, 1.82) is 0 Å². The van der Waals surface area contributed by atoms with Crippen LogP contribution in [0.3, 0.4) is 0 Å². The van der Waals surface area contributed by atoms with E-state index in [0.29, 0.717) is 11.8 Å². The average molecular weight is 373 g/mol. The Hall–Kier alpha value is -1.73. The molecule has 0 heterocycles. The molecule has 1 heteroatoms. The molecule has 0 N–H and O–H groups in total. The number of fused-ring (bicyclic) bond motifs is 2. The van der Waals surface area contributed by atoms with Gasteiger partial charge in [0.05, 0.1) is 0 Å². The van der Waals surface area contributed by atoms with Crippen molar-refractivity contribution in [2.45, 2.75) is 58.5 Å². The molecule has 2 aromatic rings. The molecular weight excluding hydrogens is 340 g/mol. The molecule has 0 nitrogen and oxygen atoms in total. The first-order valence-electron chi connectivity index (χ1n) is 10.4. The second-order valence-electron chi connectivity index (χ2n) is 9.74. The molecule has 3 atom stereocenters. The maximum atomic E-state index is 2.52. The zero-order valence-electron chi connectivity index (χ0n) is 17.6. The summed E-state index contributed by atoms with van der Waals surface area (Å²) < 4.78 is 0. The van der Waals surface area contributed by atoms with Crippen LogP contribution >= 0.6 is 0 Å². The highest BCUT2D eigenvalue weighted by atomic mass is 28.2. The molecule has 1 saturated carbocycles. The van der Waals surface area contributed by atoms with Crippen LogP contribution in [0.4, 0.5) is 0 Å². The minimum absolute atomic E-state index is 0.207. The molecule has 0 amide bonds. The first-order valence-corrected chi connectivity index (χ1v) is 12.9. The monoisotopic (exact) mass is 372 g/mol. The fourth-order valence-electron chi connectivity index (χ4n) is 5.30. The van der Waals surface area contributed by atoms with Crippen LogP contribution in [0.5, 0.6) is 0 Å². The van der Waals surface area contributed by atoms with E-state index in [-0.39, 0.29) is 5.41 Å². The second kappa shape index (κ2) is 6.70. The third-order valence-corrected chi connectivity index (χ3v) is 8.39. The van der Waals surface area contributed by atoms with E-state index in [1.54, 1.807) is 10.7 Å². The van der Waals surface area contributed by atoms with Crippen LogP contribution in [0, 0.1) is 11.8 Å². The van der Waals surface area contributed by atoms with Crippen LogP contribution < -0.4 is 0 Å². The fourth-order valence-corrected chi connectivity index (χ4v) is 7.24. The molecule has 27 heavy (non-hydrogen) atoms. The Morgan fingerprint density at radius 1 is 0.926 bits per heavy atom. The van der Waals surface area contributed by atoms with E-state index in [0.717, 1.165) is 5.92 Å². The second-order valence-corrected chi connectivity index (χ2v) is 12.3. The van der Waals surface area contributed by atoms with E-state index in [4.69, 9.17) is 0 Å². The summed E-state index contributed by atoms with van der Waals surface area (Å²) in [6.45, 7) is 14.3. The number of hydrogen-bond acceptors (Lipinski definition) is 0. The predicted octanol–water partition coefficient (Wildman–Crippen LogP) is 6.68. The lowest BCUT2D eigenvalue weighted by atomic mass is 9.72. The summed E-state index contributed by atoms with van der Waals surface area (Å²) in [5, 5.41) is 1.79. The Morgan fingerprint density at radius 3 is 2.22 bits per heavy atom. The van der Waals surface area contributed by atoms with Crippen molar-refractivity contribution in [2.24, 2.45) is 11.8 Å². The Morgan fingerprint density at radius 2 is 1.59 bits per heavy atom. The molecule has 0 aromatic heterocycles. The van der Waals surface area contributed by atoms with Gasteiger partial charge in [-0.05, 0) is 51.5 Å². The summed E-state index contributed by atoms with van der Waals surface area (Å²) in [5.41, 5.74) is 7.74. The lowest BCUT2D eigenvalue weighted by Gasteiger charge is -2.32. The van der Waals surface area contributed by atoms with E-state index in [1.165, 1.54) is 28.7 Å². The van der Waals surface area contributed by atoms with Crippen molar-refractivity contribution in [3.8, 4) is 0 Å². The Kier molecular flexibility index (Phi) is 4.62. The molecule has 1 fully saturated rings. The topological polar surface area (TPSA) is 0 Å². The Bertz CT molecular complexity index is 917. The highest BCUT2D eigenvalue weighted by molar-refractivity contribution is 6.72. The van der Waals surface area contributed by atoms with Crippen molar-refractivity contribution >= 4 is 19.7 Å². The molecule has 140 valence electrons. The van der Waals surface area contributed by atoms with Crippen molar-refractivity contribution in [1.82, 2.24) is 0 Å². The molecule has 2 aliphatic carbocycles. The van der Waals surface area contributed by atoms with E-state index in [9.17, 15) is 0 Å². The number of allylic oxidation sites excluding steroid dienone is 1. The molecule has 0 radical (unpaired) electrons. The van der Waals surface area contributed by atoms with E-state index in [2.05, 4.69) is 95.4 Å². The van der Waals surface area contributed by atoms with Gasteiger partial charge in [-0.15, -0.1) is 0 Å². The van der Waals surface area contributed by atoms with Crippen LogP contribution in [0.25, 0.3) is 6.08 Å². The van der Waals surface area contributed by atoms with Crippen molar-refractivity contribution in [3.63, 3.8) is 0 Å². The summed E-state index contributed by atoms with van der Waals surface area (Å²) in [7, 11) is -0.413. The van der Waals surface area contributed by atoms with Crippen LogP contribution in [0.2, 0.25) is 13.1 Å². The number of benzene rings is 2. The van der Waals surface area contributed by atoms with Gasteiger partial charge in [-0.3, -0.25) is 0 Å². The summed E-state index contributed by atoms with van der Waals surface area (Å²) in [6.07, 6.45) is 3.83. The van der Waals surface area contributed by atoms with Gasteiger partial charge in [0.25, 0.3) is 0 Å². The third-order valence-electron chi connectivity index (χ3n) is 6.53. The molecule has 2 aliphatic rings. The van der Waals surface area contributed by atoms with Crippen LogP contribution in [-0.4, -0.2) is 13.6 Å². The Balaban J connectivity index is 1.85. The average Bonchev–Trinajstić information content (AvgIpc) is 2.94. The molecule has 2 aromatic carbocycles. The van der Waals surface area contributed by atoms with Gasteiger partial charge >= 0.3 is 0 Å². The molecule has 3 unspecified atom stereocenters. The first-order chi connectivity index (χ1) is 12.8. The van der Waals surface area contributed by atoms with Gasteiger partial charge in [-0.1, -0.05) is 101 Å². The van der Waals surface area contributed by atoms with Crippen molar-refractivity contribution in [2.75, 3.05) is 0 Å². The largest absolute Gasteiger partial charge is 0.0625 e. The van der Waals surface area contributed by atoms with E-state index in [1.807, 2.05) is 0 Å². The van der Waals surface area contributed by atoms with Gasteiger partial charge in [0, 0.05) is 14.3 Å². The molecular formula is C26H32Si. The van der Waals surface area contributed by atoms with Crippen LogP contribution in [0.15, 0.2) is 54.1 Å². The van der Waals surface area contributed by atoms with Crippen LogP contribution in [-0.2, 0) is 5.41 Å². The quantitative estimate of drug-likeness (QED) is 0.490. The Labute approximate surface area is 166 Å². The lowest BCUT2D eigenvalue weighted by molar-refractivity contribution is 0.504. The zero-order chi connectivity index (χ0) is 19.3. The minimum atomic E-state index is -0.413. The maximum Gasteiger partial charge on any atom is 0.0164 e. The van der Waals surface area contributed by atoms with Gasteiger partial charge in [-0.2, -0.15) is 0 Å². The maximum absolute atomic E-state index is 2.52. The summed E-state index contributed by atoms with van der Waals surface area (Å²) >= 11 is 0. The zero-order valence-corrected chi connectivity index (χ0v) is 18.6. The van der Waals surface area contributed by atoms with Crippen molar-refractivity contribution < 1.29 is 0 Å². The smallest absolute Gasteiger partial charge is 0.0164 e. The van der Waals surface area contributed by atoms with Gasteiger partial charge in [0.15, 0.2) is 0 Å². The standard InChI is InChI=1S/C26H32Si/c1-17-15-22-23(25(17)27(5)6)16-19-9-7-8-10-21(19)24(22)18-11-13-20(14-12-18)26(2,3)4/h7-14,16-17,22,24H,15H2,1-6H3. The van der Waals surface area contributed by atoms with Crippen LogP contribution in [0.1, 0.15) is 62.3 Å². The van der Waals surface area contributed by atoms with E-state index >= 15 is 0 Å². The summed E-state index contributed by atoms with van der Waals surface area (Å²) in [4.78, 5) is 0. The number of rotatable bonds is 1. The predicted molar refractivity (Wildman–Crippen MR) is 121 cm³/mol. The van der Waals surface area contributed by atoms with E-state index < -0.39 is 8.41 Å². The number of hydrogen-bond donors (Lipinski definition) is 0. The van der Waals surface area contributed by atoms with Crippen molar-refractivity contribution in [3.05, 3.63) is 76.4 Å². The molecule has 0 aliphatic heterocycles. The highest BCUT2D eigenvalue weighted by Gasteiger charge is 2.40. The summed E-state index contributed by atoms with van der Waals surface area (Å²) in [6, 6.07) is 18.6. The SMILES string of the molecule is CC1CC2C(=Cc3ccccc3C2c2ccc(C(C)(C)C)cc2)C1=[Si](C)C. The minimum Gasteiger partial charge on any atom is -0.0625 e. The molecule has 4 rings (SSSR count). The van der Waals surface area contributed by atoms with Gasteiger partial charge in [-0.25, -0.2) is 0 Å². The molecule has 0 bridgehead atoms. The molecule has 0 spiro atoms. The third kappa shape index (κ3) is 3.21. The van der Waals surface area contributed by atoms with Gasteiger partial charge < -0.3 is 0 Å². The fraction of sp³-hybridized carbons (Fsp3) is 0.423. The highest BCUT2D eigenvalue weighted by Crippen LogP contribution is 2.50. The molecule has 0 saturated heterocycles.